The first-order chi connectivity index (χ1) is 10.2. The van der Waals surface area contributed by atoms with E-state index in [4.69, 9.17) is 5.73 Å². The van der Waals surface area contributed by atoms with Crippen LogP contribution in [0.3, 0.4) is 0 Å². The van der Waals surface area contributed by atoms with Gasteiger partial charge in [-0.2, -0.15) is 5.10 Å². The molecule has 1 aromatic heterocycles. The Labute approximate surface area is 125 Å². The van der Waals surface area contributed by atoms with Crippen LogP contribution in [-0.2, 0) is 17.9 Å². The number of benzene rings is 1. The molecule has 1 amide bonds. The van der Waals surface area contributed by atoms with Gasteiger partial charge in [0, 0.05) is 18.9 Å². The smallest absolute Gasteiger partial charge is 0.237 e. The standard InChI is InChI=1S/C16H22N4O/c1-2-4-15(17)16(21)18-11-13-5-7-14(8-6-13)12-20-10-3-9-19-20/h3,5-10,15H,2,4,11-12,17H2,1H3,(H,18,21). The maximum Gasteiger partial charge on any atom is 0.237 e. The van der Waals surface area contributed by atoms with Gasteiger partial charge in [0.15, 0.2) is 0 Å². The third kappa shape index (κ3) is 4.72. The molecule has 0 spiro atoms. The van der Waals surface area contributed by atoms with Crippen LogP contribution in [0.1, 0.15) is 30.9 Å². The van der Waals surface area contributed by atoms with Crippen molar-refractivity contribution in [1.82, 2.24) is 15.1 Å². The van der Waals surface area contributed by atoms with Crippen LogP contribution in [0, 0.1) is 0 Å². The van der Waals surface area contributed by atoms with Crippen molar-refractivity contribution in [1.29, 1.82) is 0 Å². The lowest BCUT2D eigenvalue weighted by Gasteiger charge is -2.11. The Morgan fingerprint density at radius 1 is 1.33 bits per heavy atom. The average molecular weight is 286 g/mol. The van der Waals surface area contributed by atoms with Gasteiger partial charge in [-0.25, -0.2) is 0 Å². The maximum atomic E-state index is 11.7. The summed E-state index contributed by atoms with van der Waals surface area (Å²) in [5, 5.41) is 7.04. The molecule has 0 aliphatic carbocycles. The summed E-state index contributed by atoms with van der Waals surface area (Å²) in [4.78, 5) is 11.7. The van der Waals surface area contributed by atoms with Gasteiger partial charge in [-0.05, 0) is 23.6 Å². The molecule has 21 heavy (non-hydrogen) atoms. The monoisotopic (exact) mass is 286 g/mol. The van der Waals surface area contributed by atoms with Crippen LogP contribution in [0.4, 0.5) is 0 Å². The SMILES string of the molecule is CCCC(N)C(=O)NCc1ccc(Cn2cccn2)cc1. The number of aromatic nitrogens is 2. The summed E-state index contributed by atoms with van der Waals surface area (Å²) in [7, 11) is 0. The largest absolute Gasteiger partial charge is 0.351 e. The van der Waals surface area contributed by atoms with E-state index in [1.165, 1.54) is 5.56 Å². The average Bonchev–Trinajstić information content (AvgIpc) is 2.99. The minimum absolute atomic E-state index is 0.0857. The van der Waals surface area contributed by atoms with Crippen LogP contribution in [0.15, 0.2) is 42.7 Å². The van der Waals surface area contributed by atoms with Crippen LogP contribution in [-0.4, -0.2) is 21.7 Å². The zero-order valence-electron chi connectivity index (χ0n) is 12.3. The molecule has 2 aromatic rings. The molecule has 0 aliphatic rings. The highest BCUT2D eigenvalue weighted by atomic mass is 16.2. The quantitative estimate of drug-likeness (QED) is 0.813. The topological polar surface area (TPSA) is 72.9 Å². The third-order valence-electron chi connectivity index (χ3n) is 3.33. The Bertz CT molecular complexity index is 548. The normalized spacial score (nSPS) is 12.1. The molecular formula is C16H22N4O. The van der Waals surface area contributed by atoms with Gasteiger partial charge in [-0.1, -0.05) is 37.6 Å². The van der Waals surface area contributed by atoms with Crippen molar-refractivity contribution < 1.29 is 4.79 Å². The molecule has 5 nitrogen and oxygen atoms in total. The molecule has 3 N–H and O–H groups in total. The molecule has 2 rings (SSSR count). The molecule has 1 heterocycles. The number of hydrogen-bond acceptors (Lipinski definition) is 3. The van der Waals surface area contributed by atoms with Crippen LogP contribution < -0.4 is 11.1 Å². The first-order valence-electron chi connectivity index (χ1n) is 7.27. The van der Waals surface area contributed by atoms with Crippen molar-refractivity contribution in [2.45, 2.75) is 38.9 Å². The van der Waals surface area contributed by atoms with Gasteiger partial charge in [-0.3, -0.25) is 9.48 Å². The van der Waals surface area contributed by atoms with E-state index in [1.807, 2.05) is 36.0 Å². The van der Waals surface area contributed by atoms with Gasteiger partial charge in [-0.15, -0.1) is 0 Å². The molecular weight excluding hydrogens is 264 g/mol. The predicted octanol–water partition coefficient (Wildman–Crippen LogP) is 1.67. The van der Waals surface area contributed by atoms with E-state index in [2.05, 4.69) is 22.5 Å². The van der Waals surface area contributed by atoms with Gasteiger partial charge in [0.2, 0.25) is 5.91 Å². The van der Waals surface area contributed by atoms with Crippen molar-refractivity contribution in [3.63, 3.8) is 0 Å². The van der Waals surface area contributed by atoms with Crippen molar-refractivity contribution in [2.24, 2.45) is 5.73 Å². The Kier molecular flexibility index (Phi) is 5.51. The summed E-state index contributed by atoms with van der Waals surface area (Å²) < 4.78 is 1.88. The number of carbonyl (C=O) groups is 1. The lowest BCUT2D eigenvalue weighted by Crippen LogP contribution is -2.40. The number of carbonyl (C=O) groups excluding carboxylic acids is 1. The zero-order chi connectivity index (χ0) is 15.1. The second kappa shape index (κ2) is 7.59. The highest BCUT2D eigenvalue weighted by Crippen LogP contribution is 2.06. The minimum Gasteiger partial charge on any atom is -0.351 e. The molecule has 0 radical (unpaired) electrons. The second-order valence-corrected chi connectivity index (χ2v) is 5.13. The highest BCUT2D eigenvalue weighted by molar-refractivity contribution is 5.81. The van der Waals surface area contributed by atoms with Crippen LogP contribution in [0.5, 0.6) is 0 Å². The molecule has 0 aliphatic heterocycles. The molecule has 0 bridgehead atoms. The van der Waals surface area contributed by atoms with Gasteiger partial charge < -0.3 is 11.1 Å². The highest BCUT2D eigenvalue weighted by Gasteiger charge is 2.11. The third-order valence-corrected chi connectivity index (χ3v) is 3.33. The van der Waals surface area contributed by atoms with Crippen LogP contribution in [0.25, 0.3) is 0 Å². The summed E-state index contributed by atoms with van der Waals surface area (Å²) in [5.74, 6) is -0.0857. The molecule has 1 unspecified atom stereocenters. The van der Waals surface area contributed by atoms with E-state index < -0.39 is 6.04 Å². The first kappa shape index (κ1) is 15.3. The van der Waals surface area contributed by atoms with E-state index >= 15 is 0 Å². The van der Waals surface area contributed by atoms with E-state index in [0.717, 1.165) is 18.5 Å². The van der Waals surface area contributed by atoms with Gasteiger partial charge >= 0.3 is 0 Å². The summed E-state index contributed by atoms with van der Waals surface area (Å²) in [5.41, 5.74) is 8.01. The molecule has 0 saturated carbocycles. The lowest BCUT2D eigenvalue weighted by atomic mass is 10.1. The first-order valence-corrected chi connectivity index (χ1v) is 7.27. The number of amides is 1. The van der Waals surface area contributed by atoms with Crippen LogP contribution >= 0.6 is 0 Å². The van der Waals surface area contributed by atoms with Crippen molar-refractivity contribution in [3.8, 4) is 0 Å². The number of nitrogens with zero attached hydrogens (tertiary/aromatic N) is 2. The minimum atomic E-state index is -0.408. The molecule has 1 atom stereocenters. The Hall–Kier alpha value is -2.14. The maximum absolute atomic E-state index is 11.7. The van der Waals surface area contributed by atoms with Gasteiger partial charge in [0.25, 0.3) is 0 Å². The number of hydrogen-bond donors (Lipinski definition) is 2. The molecule has 0 saturated heterocycles. The molecule has 5 heteroatoms. The number of nitrogens with two attached hydrogens (primary N) is 1. The van der Waals surface area contributed by atoms with Gasteiger partial charge in [0.05, 0.1) is 12.6 Å². The number of rotatable bonds is 7. The zero-order valence-corrected chi connectivity index (χ0v) is 12.3. The fourth-order valence-corrected chi connectivity index (χ4v) is 2.11. The van der Waals surface area contributed by atoms with Crippen LogP contribution in [0.2, 0.25) is 0 Å². The molecule has 112 valence electrons. The Morgan fingerprint density at radius 2 is 2.05 bits per heavy atom. The van der Waals surface area contributed by atoms with Crippen molar-refractivity contribution in [3.05, 3.63) is 53.9 Å². The summed E-state index contributed by atoms with van der Waals surface area (Å²) in [6.45, 7) is 3.28. The van der Waals surface area contributed by atoms with E-state index in [9.17, 15) is 4.79 Å². The van der Waals surface area contributed by atoms with E-state index in [0.29, 0.717) is 13.0 Å². The second-order valence-electron chi connectivity index (χ2n) is 5.13. The molecule has 0 fully saturated rings. The summed E-state index contributed by atoms with van der Waals surface area (Å²) in [6.07, 6.45) is 5.33. The van der Waals surface area contributed by atoms with Crippen molar-refractivity contribution >= 4 is 5.91 Å². The Morgan fingerprint density at radius 3 is 2.67 bits per heavy atom. The number of nitrogens with one attached hydrogen (secondary N) is 1. The predicted molar refractivity (Wildman–Crippen MR) is 82.5 cm³/mol. The van der Waals surface area contributed by atoms with E-state index in [1.54, 1.807) is 6.20 Å². The summed E-state index contributed by atoms with van der Waals surface area (Å²) in [6, 6.07) is 9.64. The van der Waals surface area contributed by atoms with E-state index in [-0.39, 0.29) is 5.91 Å². The fourth-order valence-electron chi connectivity index (χ4n) is 2.11. The van der Waals surface area contributed by atoms with Gasteiger partial charge in [0.1, 0.15) is 0 Å². The summed E-state index contributed by atoms with van der Waals surface area (Å²) >= 11 is 0. The Balaban J connectivity index is 1.83. The lowest BCUT2D eigenvalue weighted by molar-refractivity contribution is -0.122. The fraction of sp³-hybridized carbons (Fsp3) is 0.375. The molecule has 1 aromatic carbocycles. The van der Waals surface area contributed by atoms with Crippen molar-refractivity contribution in [2.75, 3.05) is 0 Å².